The van der Waals surface area contributed by atoms with E-state index >= 15 is 0 Å². The Morgan fingerprint density at radius 3 is 2.64 bits per heavy atom. The molecule has 33 heavy (non-hydrogen) atoms. The molecule has 1 aromatic carbocycles. The summed E-state index contributed by atoms with van der Waals surface area (Å²) in [5, 5.41) is 4.27. The van der Waals surface area contributed by atoms with E-state index in [1.807, 2.05) is 30.5 Å². The highest BCUT2D eigenvalue weighted by molar-refractivity contribution is 7.80. The summed E-state index contributed by atoms with van der Waals surface area (Å²) in [6.45, 7) is 4.75. The summed E-state index contributed by atoms with van der Waals surface area (Å²) >= 11 is 5.90. The SMILES string of the molecule is Cc1cc([C@@H]2[C@H](c3ccccn3)NC(=S)N2c2ccc3c(c2)OCO3)c(C)n1C1CCCC1. The third-order valence-electron chi connectivity index (χ3n) is 7.26. The van der Waals surface area contributed by atoms with Crippen LogP contribution in [-0.2, 0) is 0 Å². The van der Waals surface area contributed by atoms with Crippen molar-refractivity contribution in [2.75, 3.05) is 11.7 Å². The molecule has 2 atom stereocenters. The molecule has 0 radical (unpaired) electrons. The number of anilines is 1. The van der Waals surface area contributed by atoms with Gasteiger partial charge < -0.3 is 24.3 Å². The number of benzene rings is 1. The molecule has 6 nitrogen and oxygen atoms in total. The molecule has 6 rings (SSSR count). The van der Waals surface area contributed by atoms with Crippen molar-refractivity contribution in [2.45, 2.75) is 57.7 Å². The first-order valence-electron chi connectivity index (χ1n) is 11.7. The molecule has 0 amide bonds. The fourth-order valence-corrected chi connectivity index (χ4v) is 6.16. The van der Waals surface area contributed by atoms with Gasteiger partial charge in [-0.3, -0.25) is 4.98 Å². The standard InChI is InChI=1S/C26H28N4O2S/c1-16-13-20(17(2)29(16)18-7-3-4-8-18)25-24(21-9-5-6-12-27-21)28-26(33)30(25)19-10-11-22-23(14-19)32-15-31-22/h5-6,9-14,18,24-25H,3-4,7-8,15H2,1-2H3,(H,28,33)/t24-,25+/m0/s1. The van der Waals surface area contributed by atoms with Crippen molar-refractivity contribution in [3.63, 3.8) is 0 Å². The van der Waals surface area contributed by atoms with Crippen LogP contribution in [-0.4, -0.2) is 21.5 Å². The van der Waals surface area contributed by atoms with E-state index in [-0.39, 0.29) is 18.9 Å². The topological polar surface area (TPSA) is 51.6 Å². The Balaban J connectivity index is 1.48. The van der Waals surface area contributed by atoms with Gasteiger partial charge in [-0.15, -0.1) is 0 Å². The van der Waals surface area contributed by atoms with Crippen LogP contribution in [0.15, 0.2) is 48.7 Å². The van der Waals surface area contributed by atoms with Crippen LogP contribution in [0, 0.1) is 13.8 Å². The smallest absolute Gasteiger partial charge is 0.231 e. The third kappa shape index (κ3) is 3.37. The zero-order chi connectivity index (χ0) is 22.5. The lowest BCUT2D eigenvalue weighted by Crippen LogP contribution is -2.29. The number of pyridine rings is 1. The first-order chi connectivity index (χ1) is 16.1. The maximum atomic E-state index is 5.90. The van der Waals surface area contributed by atoms with Crippen molar-refractivity contribution in [2.24, 2.45) is 0 Å². The van der Waals surface area contributed by atoms with E-state index in [9.17, 15) is 0 Å². The molecule has 0 spiro atoms. The predicted molar refractivity (Wildman–Crippen MR) is 132 cm³/mol. The molecular formula is C26H28N4O2S. The van der Waals surface area contributed by atoms with Crippen molar-refractivity contribution in [1.82, 2.24) is 14.9 Å². The van der Waals surface area contributed by atoms with E-state index in [2.05, 4.69) is 46.8 Å². The predicted octanol–water partition coefficient (Wildman–Crippen LogP) is 5.52. The van der Waals surface area contributed by atoms with E-state index in [0.29, 0.717) is 11.2 Å². The lowest BCUT2D eigenvalue weighted by Gasteiger charge is -2.28. The number of aryl methyl sites for hydroxylation is 1. The lowest BCUT2D eigenvalue weighted by atomic mass is 9.96. The Kier molecular flexibility index (Phi) is 5.02. The number of hydrogen-bond donors (Lipinski definition) is 1. The molecule has 3 aliphatic rings. The Morgan fingerprint density at radius 1 is 1.03 bits per heavy atom. The summed E-state index contributed by atoms with van der Waals surface area (Å²) in [6, 6.07) is 15.0. The Morgan fingerprint density at radius 2 is 1.85 bits per heavy atom. The zero-order valence-electron chi connectivity index (χ0n) is 19.0. The minimum atomic E-state index is -0.0540. The van der Waals surface area contributed by atoms with Crippen molar-refractivity contribution in [3.05, 3.63) is 71.3 Å². The third-order valence-corrected chi connectivity index (χ3v) is 7.58. The molecule has 3 aromatic rings. The van der Waals surface area contributed by atoms with Crippen LogP contribution in [0.3, 0.4) is 0 Å². The molecule has 4 heterocycles. The summed E-state index contributed by atoms with van der Waals surface area (Å²) in [5.41, 5.74) is 5.91. The van der Waals surface area contributed by atoms with Gasteiger partial charge in [0, 0.05) is 35.4 Å². The van der Waals surface area contributed by atoms with E-state index in [1.165, 1.54) is 42.6 Å². The lowest BCUT2D eigenvalue weighted by molar-refractivity contribution is 0.174. The van der Waals surface area contributed by atoms with Gasteiger partial charge in [-0.25, -0.2) is 0 Å². The molecular weight excluding hydrogens is 432 g/mol. The number of nitrogens with one attached hydrogen (secondary N) is 1. The van der Waals surface area contributed by atoms with Gasteiger partial charge >= 0.3 is 0 Å². The number of ether oxygens (including phenoxy) is 2. The first-order valence-corrected chi connectivity index (χ1v) is 12.1. The van der Waals surface area contributed by atoms with Crippen LogP contribution < -0.4 is 19.7 Å². The van der Waals surface area contributed by atoms with Crippen LogP contribution in [0.1, 0.15) is 66.5 Å². The molecule has 2 fully saturated rings. The van der Waals surface area contributed by atoms with Gasteiger partial charge in [0.25, 0.3) is 0 Å². The highest BCUT2D eigenvalue weighted by Crippen LogP contribution is 2.46. The molecule has 2 aliphatic heterocycles. The van der Waals surface area contributed by atoms with Gasteiger partial charge in [-0.05, 0) is 74.8 Å². The summed E-state index contributed by atoms with van der Waals surface area (Å²) in [4.78, 5) is 6.91. The maximum Gasteiger partial charge on any atom is 0.231 e. The van der Waals surface area contributed by atoms with Crippen molar-refractivity contribution >= 4 is 23.0 Å². The maximum absolute atomic E-state index is 5.90. The van der Waals surface area contributed by atoms with Gasteiger partial charge in [0.15, 0.2) is 16.6 Å². The average molecular weight is 461 g/mol. The van der Waals surface area contributed by atoms with Crippen molar-refractivity contribution in [3.8, 4) is 11.5 Å². The molecule has 1 saturated carbocycles. The van der Waals surface area contributed by atoms with Gasteiger partial charge in [0.05, 0.1) is 17.8 Å². The summed E-state index contributed by atoms with van der Waals surface area (Å²) in [5.74, 6) is 1.53. The van der Waals surface area contributed by atoms with Gasteiger partial charge in [-0.1, -0.05) is 18.9 Å². The quantitative estimate of drug-likeness (QED) is 0.518. The average Bonchev–Trinajstić information content (AvgIpc) is 3.60. The number of aromatic nitrogens is 2. The Hall–Kier alpha value is -3.06. The number of nitrogens with zero attached hydrogens (tertiary/aromatic N) is 3. The van der Waals surface area contributed by atoms with Crippen LogP contribution in [0.25, 0.3) is 0 Å². The fourth-order valence-electron chi connectivity index (χ4n) is 5.81. The van der Waals surface area contributed by atoms with E-state index in [1.54, 1.807) is 0 Å². The second kappa shape index (κ2) is 8.06. The normalized spacial score (nSPS) is 22.2. The Labute approximate surface area is 199 Å². The highest BCUT2D eigenvalue weighted by atomic mass is 32.1. The van der Waals surface area contributed by atoms with Crippen LogP contribution in [0.2, 0.25) is 0 Å². The molecule has 2 aromatic heterocycles. The number of thiocarbonyl (C=S) groups is 1. The number of rotatable bonds is 4. The monoisotopic (exact) mass is 460 g/mol. The van der Waals surface area contributed by atoms with Gasteiger partial charge in [0.2, 0.25) is 6.79 Å². The van der Waals surface area contributed by atoms with Crippen molar-refractivity contribution < 1.29 is 9.47 Å². The summed E-state index contributed by atoms with van der Waals surface area (Å²) < 4.78 is 13.8. The molecule has 7 heteroatoms. The molecule has 1 saturated heterocycles. The first kappa shape index (κ1) is 20.5. The second-order valence-corrected chi connectivity index (χ2v) is 9.56. The summed E-state index contributed by atoms with van der Waals surface area (Å²) in [6.07, 6.45) is 6.99. The minimum absolute atomic E-state index is 0.0193. The van der Waals surface area contributed by atoms with Crippen LogP contribution in [0.4, 0.5) is 5.69 Å². The molecule has 1 aliphatic carbocycles. The van der Waals surface area contributed by atoms with Gasteiger partial charge in [-0.2, -0.15) is 0 Å². The number of fused-ring (bicyclic) bond motifs is 1. The Bertz CT molecular complexity index is 1200. The van der Waals surface area contributed by atoms with Gasteiger partial charge in [0.1, 0.15) is 0 Å². The largest absolute Gasteiger partial charge is 0.454 e. The van der Waals surface area contributed by atoms with E-state index < -0.39 is 0 Å². The molecule has 170 valence electrons. The van der Waals surface area contributed by atoms with Crippen LogP contribution in [0.5, 0.6) is 11.5 Å². The zero-order valence-corrected chi connectivity index (χ0v) is 19.8. The second-order valence-electron chi connectivity index (χ2n) is 9.17. The van der Waals surface area contributed by atoms with Crippen LogP contribution >= 0.6 is 12.2 Å². The van der Waals surface area contributed by atoms with E-state index in [4.69, 9.17) is 26.7 Å². The highest BCUT2D eigenvalue weighted by Gasteiger charge is 2.43. The van der Waals surface area contributed by atoms with Crippen molar-refractivity contribution in [1.29, 1.82) is 0 Å². The molecule has 0 unspecified atom stereocenters. The van der Waals surface area contributed by atoms with E-state index in [0.717, 1.165) is 22.9 Å². The molecule has 0 bridgehead atoms. The minimum Gasteiger partial charge on any atom is -0.454 e. The molecule has 1 N–H and O–H groups in total. The summed E-state index contributed by atoms with van der Waals surface area (Å²) in [7, 11) is 0. The fraction of sp³-hybridized carbons (Fsp3) is 0.385. The number of hydrogen-bond acceptors (Lipinski definition) is 4.